The number of aromatic nitrogens is 2. The van der Waals surface area contributed by atoms with Gasteiger partial charge in [-0.05, 0) is 48.6 Å². The molecule has 4 nitrogen and oxygen atoms in total. The van der Waals surface area contributed by atoms with Crippen LogP contribution in [0, 0.1) is 11.7 Å². The van der Waals surface area contributed by atoms with Gasteiger partial charge in [0.1, 0.15) is 10.8 Å². The molecule has 1 heterocycles. The zero-order valence-corrected chi connectivity index (χ0v) is 14.9. The number of nitrogens with zero attached hydrogens (tertiary/aromatic N) is 2. The van der Waals surface area contributed by atoms with Crippen LogP contribution < -0.4 is 5.32 Å². The van der Waals surface area contributed by atoms with Crippen molar-refractivity contribution in [1.29, 1.82) is 0 Å². The Labute approximate surface area is 151 Å². The number of thioether (sulfide) groups is 1. The zero-order valence-electron chi connectivity index (χ0n) is 14.1. The molecule has 25 heavy (non-hydrogen) atoms. The van der Waals surface area contributed by atoms with E-state index in [9.17, 15) is 9.18 Å². The molecule has 1 amide bonds. The van der Waals surface area contributed by atoms with E-state index in [0.29, 0.717) is 23.9 Å². The van der Waals surface area contributed by atoms with Crippen LogP contribution in [0.2, 0.25) is 0 Å². The fourth-order valence-electron chi connectivity index (χ4n) is 3.05. The van der Waals surface area contributed by atoms with Gasteiger partial charge in [0.25, 0.3) is 0 Å². The number of carbonyl (C=O) groups is 1. The molecule has 2 aromatic rings. The molecule has 0 spiro atoms. The molecule has 1 aromatic carbocycles. The largest absolute Gasteiger partial charge is 0.309 e. The van der Waals surface area contributed by atoms with Gasteiger partial charge in [-0.2, -0.15) is 0 Å². The van der Waals surface area contributed by atoms with Gasteiger partial charge >= 0.3 is 0 Å². The van der Waals surface area contributed by atoms with Crippen molar-refractivity contribution in [2.75, 3.05) is 5.32 Å². The van der Waals surface area contributed by atoms with Crippen molar-refractivity contribution in [3.63, 3.8) is 0 Å². The summed E-state index contributed by atoms with van der Waals surface area (Å²) in [5.41, 5.74) is 1.03. The molecule has 1 aliphatic rings. The van der Waals surface area contributed by atoms with E-state index in [1.807, 2.05) is 6.07 Å². The van der Waals surface area contributed by atoms with Gasteiger partial charge in [0.05, 0.1) is 0 Å². The van der Waals surface area contributed by atoms with Crippen LogP contribution in [0.1, 0.15) is 44.1 Å². The second-order valence-corrected chi connectivity index (χ2v) is 7.42. The van der Waals surface area contributed by atoms with Crippen molar-refractivity contribution in [2.45, 2.75) is 49.3 Å². The molecular formula is C19H22FN3OS. The van der Waals surface area contributed by atoms with E-state index in [-0.39, 0.29) is 11.7 Å². The Morgan fingerprint density at radius 2 is 1.84 bits per heavy atom. The molecule has 0 aliphatic heterocycles. The number of amides is 1. The van der Waals surface area contributed by atoms with Crippen LogP contribution in [0.5, 0.6) is 0 Å². The highest BCUT2D eigenvalue weighted by atomic mass is 32.2. The molecule has 0 radical (unpaired) electrons. The van der Waals surface area contributed by atoms with Gasteiger partial charge in [0.2, 0.25) is 5.91 Å². The van der Waals surface area contributed by atoms with Crippen LogP contribution in [0.25, 0.3) is 0 Å². The highest BCUT2D eigenvalue weighted by Gasteiger charge is 2.17. The molecule has 1 aromatic heterocycles. The second-order valence-electron chi connectivity index (χ2n) is 6.43. The number of halogens is 1. The maximum atomic E-state index is 12.9. The summed E-state index contributed by atoms with van der Waals surface area (Å²) >= 11 is 1.53. The fraction of sp³-hybridized carbons (Fsp3) is 0.421. The predicted octanol–water partition coefficient (Wildman–Crippen LogP) is 4.82. The lowest BCUT2D eigenvalue weighted by atomic mass is 9.87. The molecule has 6 heteroatoms. The molecule has 1 aliphatic carbocycles. The maximum Gasteiger partial charge on any atom is 0.225 e. The number of anilines is 1. The van der Waals surface area contributed by atoms with Crippen molar-refractivity contribution in [1.82, 2.24) is 10.2 Å². The maximum absolute atomic E-state index is 12.9. The smallest absolute Gasteiger partial charge is 0.225 e. The van der Waals surface area contributed by atoms with Crippen LogP contribution in [-0.4, -0.2) is 16.1 Å². The zero-order chi connectivity index (χ0) is 17.5. The standard InChI is InChI=1S/C19H22FN3OS/c20-16-8-6-15(7-9-16)13-25-19-11-10-17(22-23-19)21-18(24)12-14-4-2-1-3-5-14/h6-11,14H,1-5,12-13H2,(H,21,22,24). The van der Waals surface area contributed by atoms with Gasteiger partial charge in [-0.25, -0.2) is 4.39 Å². The Morgan fingerprint density at radius 1 is 1.08 bits per heavy atom. The van der Waals surface area contributed by atoms with E-state index in [1.165, 1.54) is 43.2 Å². The molecule has 0 atom stereocenters. The predicted molar refractivity (Wildman–Crippen MR) is 97.8 cm³/mol. The lowest BCUT2D eigenvalue weighted by molar-refractivity contribution is -0.117. The molecule has 0 unspecified atom stereocenters. The van der Waals surface area contributed by atoms with E-state index < -0.39 is 0 Å². The number of hydrogen-bond acceptors (Lipinski definition) is 4. The first-order chi connectivity index (χ1) is 12.2. The van der Waals surface area contributed by atoms with Crippen molar-refractivity contribution in [3.8, 4) is 0 Å². The van der Waals surface area contributed by atoms with E-state index in [2.05, 4.69) is 15.5 Å². The normalized spacial score (nSPS) is 15.1. The Morgan fingerprint density at radius 3 is 2.52 bits per heavy atom. The number of benzene rings is 1. The monoisotopic (exact) mass is 359 g/mol. The van der Waals surface area contributed by atoms with Crippen LogP contribution in [0.4, 0.5) is 10.2 Å². The Balaban J connectivity index is 1.46. The summed E-state index contributed by atoms with van der Waals surface area (Å²) in [7, 11) is 0. The molecule has 0 bridgehead atoms. The lowest BCUT2D eigenvalue weighted by Gasteiger charge is -2.20. The van der Waals surface area contributed by atoms with Gasteiger partial charge in [-0.1, -0.05) is 43.2 Å². The van der Waals surface area contributed by atoms with E-state index >= 15 is 0 Å². The summed E-state index contributed by atoms with van der Waals surface area (Å²) in [5, 5.41) is 11.8. The topological polar surface area (TPSA) is 54.9 Å². The lowest BCUT2D eigenvalue weighted by Crippen LogP contribution is -2.19. The van der Waals surface area contributed by atoms with Gasteiger partial charge in [-0.15, -0.1) is 10.2 Å². The fourth-order valence-corrected chi connectivity index (χ4v) is 3.82. The van der Waals surface area contributed by atoms with Gasteiger partial charge in [-0.3, -0.25) is 4.79 Å². The third-order valence-electron chi connectivity index (χ3n) is 4.41. The number of carbonyl (C=O) groups excluding carboxylic acids is 1. The summed E-state index contributed by atoms with van der Waals surface area (Å²) in [4.78, 5) is 12.1. The number of nitrogens with one attached hydrogen (secondary N) is 1. The third kappa shape index (κ3) is 5.81. The molecule has 1 fully saturated rings. The minimum absolute atomic E-state index is 0.0212. The second kappa shape index (κ2) is 8.94. The van der Waals surface area contributed by atoms with E-state index in [0.717, 1.165) is 23.4 Å². The molecule has 132 valence electrons. The third-order valence-corrected chi connectivity index (χ3v) is 5.40. The first-order valence-corrected chi connectivity index (χ1v) is 9.68. The quantitative estimate of drug-likeness (QED) is 0.752. The Bertz CT molecular complexity index is 685. The first-order valence-electron chi connectivity index (χ1n) is 8.70. The average Bonchev–Trinajstić information content (AvgIpc) is 2.63. The number of hydrogen-bond donors (Lipinski definition) is 1. The summed E-state index contributed by atoms with van der Waals surface area (Å²) in [6.07, 6.45) is 6.63. The SMILES string of the molecule is O=C(CC1CCCCC1)Nc1ccc(SCc2ccc(F)cc2)nn1. The van der Waals surface area contributed by atoms with Crippen molar-refractivity contribution < 1.29 is 9.18 Å². The molecule has 0 saturated heterocycles. The highest BCUT2D eigenvalue weighted by molar-refractivity contribution is 7.98. The van der Waals surface area contributed by atoms with Gasteiger partial charge in [0.15, 0.2) is 5.82 Å². The van der Waals surface area contributed by atoms with E-state index in [1.54, 1.807) is 18.2 Å². The van der Waals surface area contributed by atoms with E-state index in [4.69, 9.17) is 0 Å². The molecule has 1 N–H and O–H groups in total. The van der Waals surface area contributed by atoms with Crippen molar-refractivity contribution >= 4 is 23.5 Å². The van der Waals surface area contributed by atoms with Gasteiger partial charge < -0.3 is 5.32 Å². The Kier molecular flexibility index (Phi) is 6.39. The minimum atomic E-state index is -0.234. The Hall–Kier alpha value is -1.95. The first kappa shape index (κ1) is 17.9. The summed E-state index contributed by atoms with van der Waals surface area (Å²) < 4.78 is 12.9. The van der Waals surface area contributed by atoms with Crippen LogP contribution in [0.15, 0.2) is 41.4 Å². The minimum Gasteiger partial charge on any atom is -0.309 e. The summed E-state index contributed by atoms with van der Waals surface area (Å²) in [5.74, 6) is 1.48. The van der Waals surface area contributed by atoms with Crippen molar-refractivity contribution in [2.24, 2.45) is 5.92 Å². The van der Waals surface area contributed by atoms with Gasteiger partial charge in [0, 0.05) is 12.2 Å². The van der Waals surface area contributed by atoms with Crippen LogP contribution in [-0.2, 0) is 10.5 Å². The average molecular weight is 359 g/mol. The molecule has 1 saturated carbocycles. The van der Waals surface area contributed by atoms with Crippen LogP contribution in [0.3, 0.4) is 0 Å². The molecular weight excluding hydrogens is 337 g/mol. The highest BCUT2D eigenvalue weighted by Crippen LogP contribution is 2.26. The molecule has 3 rings (SSSR count). The van der Waals surface area contributed by atoms with Crippen LogP contribution >= 0.6 is 11.8 Å². The van der Waals surface area contributed by atoms with Crippen molar-refractivity contribution in [3.05, 3.63) is 47.8 Å². The number of rotatable bonds is 6. The summed E-state index contributed by atoms with van der Waals surface area (Å²) in [6, 6.07) is 10.0. The summed E-state index contributed by atoms with van der Waals surface area (Å²) in [6.45, 7) is 0.